The Morgan fingerprint density at radius 1 is 1.14 bits per heavy atom. The molecule has 0 saturated carbocycles. The summed E-state index contributed by atoms with van der Waals surface area (Å²) in [6, 6.07) is 14.0. The number of hydrogen-bond donors (Lipinski definition) is 3. The van der Waals surface area contributed by atoms with Gasteiger partial charge in [0.05, 0.1) is 18.9 Å². The smallest absolute Gasteiger partial charge is 0.304 e. The summed E-state index contributed by atoms with van der Waals surface area (Å²) < 4.78 is 7.89. The molecular formula is C28H32ClN3O5. The number of para-hydroxylation sites is 1. The minimum absolute atomic E-state index is 0.150. The predicted molar refractivity (Wildman–Crippen MR) is 142 cm³/mol. The Bertz CT molecular complexity index is 1240. The molecule has 0 aliphatic carbocycles. The Labute approximate surface area is 220 Å². The van der Waals surface area contributed by atoms with E-state index in [0.717, 1.165) is 42.3 Å². The van der Waals surface area contributed by atoms with Crippen LogP contribution in [0, 0.1) is 5.92 Å². The van der Waals surface area contributed by atoms with Gasteiger partial charge in [0.15, 0.2) is 0 Å². The first kappa shape index (κ1) is 26.5. The Balaban J connectivity index is 1.49. The summed E-state index contributed by atoms with van der Waals surface area (Å²) >= 11 is 5.90. The van der Waals surface area contributed by atoms with Crippen LogP contribution in [0.25, 0.3) is 10.9 Å². The van der Waals surface area contributed by atoms with Gasteiger partial charge in [-0.1, -0.05) is 29.8 Å². The molecule has 0 saturated heterocycles. The molecule has 0 unspecified atom stereocenters. The lowest BCUT2D eigenvalue weighted by Gasteiger charge is -2.22. The van der Waals surface area contributed by atoms with E-state index in [1.807, 2.05) is 18.2 Å². The number of rotatable bonds is 8. The maximum atomic E-state index is 13.2. The first-order valence-corrected chi connectivity index (χ1v) is 13.0. The van der Waals surface area contributed by atoms with Crippen LogP contribution in [0.4, 0.5) is 0 Å². The number of carboxylic acid groups (broad SMARTS) is 1. The van der Waals surface area contributed by atoms with Crippen molar-refractivity contribution in [2.75, 3.05) is 13.2 Å². The van der Waals surface area contributed by atoms with Crippen LogP contribution >= 0.6 is 11.6 Å². The number of hydrogen-bond acceptors (Lipinski definition) is 4. The lowest BCUT2D eigenvalue weighted by molar-refractivity contribution is -0.141. The van der Waals surface area contributed by atoms with E-state index in [9.17, 15) is 19.5 Å². The van der Waals surface area contributed by atoms with E-state index >= 15 is 0 Å². The third kappa shape index (κ3) is 7.26. The molecule has 2 amide bonds. The van der Waals surface area contributed by atoms with Gasteiger partial charge in [-0.3, -0.25) is 14.4 Å². The summed E-state index contributed by atoms with van der Waals surface area (Å²) in [6.45, 7) is 1.57. The van der Waals surface area contributed by atoms with Gasteiger partial charge in [-0.05, 0) is 61.6 Å². The van der Waals surface area contributed by atoms with Crippen molar-refractivity contribution in [3.8, 4) is 5.75 Å². The molecule has 37 heavy (non-hydrogen) atoms. The monoisotopic (exact) mass is 525 g/mol. The summed E-state index contributed by atoms with van der Waals surface area (Å²) in [7, 11) is 0. The summed E-state index contributed by atoms with van der Waals surface area (Å²) in [6.07, 6.45) is 5.05. The van der Waals surface area contributed by atoms with Gasteiger partial charge < -0.3 is 25.0 Å². The second kappa shape index (κ2) is 12.6. The largest absolute Gasteiger partial charge is 0.494 e. The normalized spacial score (nSPS) is 17.2. The van der Waals surface area contributed by atoms with E-state index in [-0.39, 0.29) is 25.4 Å². The van der Waals surface area contributed by atoms with Crippen LogP contribution < -0.4 is 15.4 Å². The molecule has 9 heteroatoms. The maximum absolute atomic E-state index is 13.2. The molecule has 2 atom stereocenters. The second-order valence-corrected chi connectivity index (χ2v) is 9.80. The van der Waals surface area contributed by atoms with Crippen LogP contribution in [-0.4, -0.2) is 46.7 Å². The van der Waals surface area contributed by atoms with Crippen molar-refractivity contribution in [1.29, 1.82) is 0 Å². The van der Waals surface area contributed by atoms with Crippen molar-refractivity contribution in [2.24, 2.45) is 5.92 Å². The summed E-state index contributed by atoms with van der Waals surface area (Å²) in [5.41, 5.74) is 2.07. The number of carbonyl (C=O) groups excluding carboxylic acids is 2. The molecule has 3 N–H and O–H groups in total. The number of amides is 2. The van der Waals surface area contributed by atoms with E-state index in [1.54, 1.807) is 24.3 Å². The van der Waals surface area contributed by atoms with Crippen molar-refractivity contribution >= 4 is 40.3 Å². The highest BCUT2D eigenvalue weighted by molar-refractivity contribution is 6.30. The second-order valence-electron chi connectivity index (χ2n) is 9.37. The zero-order valence-electron chi connectivity index (χ0n) is 20.6. The van der Waals surface area contributed by atoms with E-state index in [0.29, 0.717) is 23.7 Å². The molecular weight excluding hydrogens is 494 g/mol. The SMILES string of the molecule is O=C(O)C[C@@H](CCOc1ccc(Cl)cc1)C(=O)N[C@H]1Cc2cn(c3ccccc23)CCCCCNC1=O. The molecule has 1 aliphatic rings. The van der Waals surface area contributed by atoms with Crippen LogP contribution in [0.5, 0.6) is 5.75 Å². The Hall–Kier alpha value is -3.52. The molecule has 2 bridgehead atoms. The standard InChI is InChI=1S/C28H32ClN3O5/c29-21-8-10-22(11-9-21)37-15-12-19(17-26(33)34)27(35)31-24-16-20-18-32(25-7-3-2-6-23(20)25)14-5-1-4-13-30-28(24)36/h2-3,6-11,18-19,24H,1,4-5,12-17H2,(H,30,36)(H,31,35)(H,33,34)/t19-,24+/m1/s1. The number of fused-ring (bicyclic) bond motifs is 5. The molecule has 8 nitrogen and oxygen atoms in total. The zero-order valence-corrected chi connectivity index (χ0v) is 21.4. The van der Waals surface area contributed by atoms with Crippen LogP contribution in [0.2, 0.25) is 5.02 Å². The molecule has 1 aliphatic heterocycles. The van der Waals surface area contributed by atoms with Gasteiger partial charge in [0.2, 0.25) is 11.8 Å². The molecule has 3 aromatic rings. The number of carboxylic acids is 1. The number of benzene rings is 2. The first-order chi connectivity index (χ1) is 17.9. The van der Waals surface area contributed by atoms with Gasteiger partial charge in [0.25, 0.3) is 0 Å². The van der Waals surface area contributed by atoms with Gasteiger partial charge in [-0.2, -0.15) is 0 Å². The predicted octanol–water partition coefficient (Wildman–Crippen LogP) is 4.18. The van der Waals surface area contributed by atoms with E-state index in [2.05, 4.69) is 27.5 Å². The van der Waals surface area contributed by atoms with Crippen molar-refractivity contribution in [3.05, 3.63) is 65.3 Å². The van der Waals surface area contributed by atoms with Crippen LogP contribution in [0.1, 0.15) is 37.7 Å². The van der Waals surface area contributed by atoms with Gasteiger partial charge in [0, 0.05) is 41.6 Å². The molecule has 196 valence electrons. The average molecular weight is 526 g/mol. The number of nitrogens with zero attached hydrogens (tertiary/aromatic N) is 1. The number of aliphatic carboxylic acids is 1. The third-order valence-corrected chi connectivity index (χ3v) is 6.90. The van der Waals surface area contributed by atoms with Crippen molar-refractivity contribution < 1.29 is 24.2 Å². The number of nitrogens with one attached hydrogen (secondary N) is 2. The molecule has 0 radical (unpaired) electrons. The average Bonchev–Trinajstić information content (AvgIpc) is 3.22. The van der Waals surface area contributed by atoms with Crippen molar-refractivity contribution in [2.45, 2.75) is 51.1 Å². The summed E-state index contributed by atoms with van der Waals surface area (Å²) in [4.78, 5) is 37.9. The molecule has 0 spiro atoms. The lowest BCUT2D eigenvalue weighted by atomic mass is 9.98. The highest BCUT2D eigenvalue weighted by Gasteiger charge is 2.28. The topological polar surface area (TPSA) is 110 Å². The minimum atomic E-state index is -1.09. The van der Waals surface area contributed by atoms with Gasteiger partial charge in [0.1, 0.15) is 11.8 Å². The maximum Gasteiger partial charge on any atom is 0.304 e. The number of carbonyl (C=O) groups is 3. The number of ether oxygens (including phenoxy) is 1. The fourth-order valence-corrected chi connectivity index (χ4v) is 4.82. The van der Waals surface area contributed by atoms with Gasteiger partial charge in [-0.15, -0.1) is 0 Å². The minimum Gasteiger partial charge on any atom is -0.494 e. The fourth-order valence-electron chi connectivity index (χ4n) is 4.69. The van der Waals surface area contributed by atoms with Gasteiger partial charge in [-0.25, -0.2) is 0 Å². The highest BCUT2D eigenvalue weighted by Crippen LogP contribution is 2.24. The highest BCUT2D eigenvalue weighted by atomic mass is 35.5. The van der Waals surface area contributed by atoms with Crippen molar-refractivity contribution in [1.82, 2.24) is 15.2 Å². The number of aromatic nitrogens is 1. The molecule has 1 aromatic heterocycles. The van der Waals surface area contributed by atoms with E-state index < -0.39 is 23.8 Å². The molecule has 2 heterocycles. The number of halogens is 1. The summed E-state index contributed by atoms with van der Waals surface area (Å²) in [5, 5.41) is 16.8. The Morgan fingerprint density at radius 3 is 2.70 bits per heavy atom. The number of aryl methyl sites for hydroxylation is 1. The molecule has 4 rings (SSSR count). The Kier molecular flexibility index (Phi) is 9.06. The van der Waals surface area contributed by atoms with Gasteiger partial charge >= 0.3 is 5.97 Å². The van der Waals surface area contributed by atoms with E-state index in [1.165, 1.54) is 0 Å². The van der Waals surface area contributed by atoms with Crippen LogP contribution in [0.15, 0.2) is 54.7 Å². The summed E-state index contributed by atoms with van der Waals surface area (Å²) in [5.74, 6) is -2.09. The lowest BCUT2D eigenvalue weighted by Crippen LogP contribution is -2.50. The van der Waals surface area contributed by atoms with Crippen LogP contribution in [0.3, 0.4) is 0 Å². The fraction of sp³-hybridized carbons (Fsp3) is 0.393. The third-order valence-electron chi connectivity index (χ3n) is 6.64. The van der Waals surface area contributed by atoms with E-state index in [4.69, 9.17) is 16.3 Å². The van der Waals surface area contributed by atoms with Crippen molar-refractivity contribution in [3.63, 3.8) is 0 Å². The molecule has 0 fully saturated rings. The quantitative estimate of drug-likeness (QED) is 0.408. The first-order valence-electron chi connectivity index (χ1n) is 12.7. The Morgan fingerprint density at radius 2 is 1.92 bits per heavy atom. The molecule has 2 aromatic carbocycles. The van der Waals surface area contributed by atoms with Crippen LogP contribution in [-0.2, 0) is 27.3 Å². The zero-order chi connectivity index (χ0) is 26.2.